The Labute approximate surface area is 83.9 Å². The molecule has 0 aromatic rings. The van der Waals surface area contributed by atoms with Crippen LogP contribution in [0.2, 0.25) is 0 Å². The quantitative estimate of drug-likeness (QED) is 0.617. The number of hydrogen-bond donors (Lipinski definition) is 0. The zero-order valence-corrected chi connectivity index (χ0v) is 8.58. The van der Waals surface area contributed by atoms with Crippen LogP contribution >= 0.6 is 0 Å². The largest absolute Gasteiger partial charge is 0.389 e. The normalized spacial score (nSPS) is 21.6. The monoisotopic (exact) mass is 208 g/mol. The number of halogens is 3. The maximum Gasteiger partial charge on any atom is 0.389 e. The lowest BCUT2D eigenvalue weighted by atomic mass is 9.88. The van der Waals surface area contributed by atoms with Gasteiger partial charge in [-0.1, -0.05) is 44.9 Å². The molecule has 0 aromatic heterocycles. The minimum absolute atomic E-state index is 0.330. The van der Waals surface area contributed by atoms with E-state index in [9.17, 15) is 13.2 Å². The molecule has 0 atom stereocenters. The fourth-order valence-electron chi connectivity index (χ4n) is 2.20. The van der Waals surface area contributed by atoms with Crippen LogP contribution in [-0.4, -0.2) is 6.18 Å². The van der Waals surface area contributed by atoms with Crippen LogP contribution < -0.4 is 0 Å². The van der Waals surface area contributed by atoms with Crippen LogP contribution in [0.15, 0.2) is 0 Å². The van der Waals surface area contributed by atoms with Gasteiger partial charge in [-0.2, -0.15) is 13.2 Å². The van der Waals surface area contributed by atoms with Crippen LogP contribution in [0.3, 0.4) is 0 Å². The lowest BCUT2D eigenvalue weighted by Crippen LogP contribution is -2.12. The summed E-state index contributed by atoms with van der Waals surface area (Å²) in [6.07, 6.45) is 3.78. The predicted molar refractivity (Wildman–Crippen MR) is 51.1 cm³/mol. The first kappa shape index (κ1) is 11.9. The van der Waals surface area contributed by atoms with Crippen LogP contribution in [0.1, 0.15) is 57.8 Å². The lowest BCUT2D eigenvalue weighted by Gasteiger charge is -2.19. The van der Waals surface area contributed by atoms with E-state index in [1.165, 1.54) is 19.3 Å². The number of hydrogen-bond acceptors (Lipinski definition) is 0. The second-order valence-corrected chi connectivity index (χ2v) is 4.36. The molecule has 14 heavy (non-hydrogen) atoms. The molecule has 0 aliphatic heterocycles. The average molecular weight is 208 g/mol. The predicted octanol–water partition coefficient (Wildman–Crippen LogP) is 4.69. The maximum absolute atomic E-state index is 12.0. The molecule has 0 amide bonds. The Morgan fingerprint density at radius 2 is 1.36 bits per heavy atom. The third-order valence-electron chi connectivity index (χ3n) is 3.06. The van der Waals surface area contributed by atoms with Crippen molar-refractivity contribution < 1.29 is 13.2 Å². The van der Waals surface area contributed by atoms with E-state index in [1.807, 2.05) is 0 Å². The molecule has 0 radical (unpaired) electrons. The van der Waals surface area contributed by atoms with E-state index < -0.39 is 12.6 Å². The van der Waals surface area contributed by atoms with Crippen LogP contribution in [0, 0.1) is 5.92 Å². The summed E-state index contributed by atoms with van der Waals surface area (Å²) in [6.45, 7) is 0. The van der Waals surface area contributed by atoms with Crippen molar-refractivity contribution in [3.8, 4) is 0 Å². The second-order valence-electron chi connectivity index (χ2n) is 4.36. The van der Waals surface area contributed by atoms with Crippen molar-refractivity contribution >= 4 is 0 Å². The van der Waals surface area contributed by atoms with E-state index in [0.29, 0.717) is 12.3 Å². The molecule has 1 saturated carbocycles. The first-order valence-electron chi connectivity index (χ1n) is 5.65. The van der Waals surface area contributed by atoms with Crippen molar-refractivity contribution in [2.75, 3.05) is 0 Å². The molecule has 0 N–H and O–H groups in total. The smallest absolute Gasteiger partial charge is 0.171 e. The van der Waals surface area contributed by atoms with E-state index in [2.05, 4.69) is 0 Å². The molecule has 0 spiro atoms. The minimum Gasteiger partial charge on any atom is -0.171 e. The van der Waals surface area contributed by atoms with E-state index in [1.54, 1.807) is 0 Å². The molecule has 0 nitrogen and oxygen atoms in total. The second kappa shape index (κ2) is 5.62. The topological polar surface area (TPSA) is 0 Å². The minimum atomic E-state index is -3.96. The van der Waals surface area contributed by atoms with Gasteiger partial charge < -0.3 is 0 Å². The molecule has 1 aliphatic carbocycles. The summed E-state index contributed by atoms with van der Waals surface area (Å²) in [4.78, 5) is 0. The van der Waals surface area contributed by atoms with Gasteiger partial charge in [-0.05, 0) is 12.3 Å². The van der Waals surface area contributed by atoms with Crippen molar-refractivity contribution in [2.45, 2.75) is 64.0 Å². The molecule has 0 heterocycles. The van der Waals surface area contributed by atoms with Crippen molar-refractivity contribution in [3.05, 3.63) is 0 Å². The Bertz CT molecular complexity index is 143. The lowest BCUT2D eigenvalue weighted by molar-refractivity contribution is -0.137. The Balaban J connectivity index is 2.20. The van der Waals surface area contributed by atoms with E-state index in [4.69, 9.17) is 0 Å². The van der Waals surface area contributed by atoms with Crippen molar-refractivity contribution in [1.82, 2.24) is 0 Å². The highest BCUT2D eigenvalue weighted by Crippen LogP contribution is 2.30. The Hall–Kier alpha value is -0.210. The van der Waals surface area contributed by atoms with Gasteiger partial charge >= 0.3 is 6.18 Å². The molecule has 0 saturated heterocycles. The van der Waals surface area contributed by atoms with E-state index in [-0.39, 0.29) is 0 Å². The van der Waals surface area contributed by atoms with Gasteiger partial charge in [0.15, 0.2) is 0 Å². The van der Waals surface area contributed by atoms with Gasteiger partial charge in [0.2, 0.25) is 0 Å². The molecule has 0 bridgehead atoms. The van der Waals surface area contributed by atoms with Crippen LogP contribution in [0.5, 0.6) is 0 Å². The van der Waals surface area contributed by atoms with Gasteiger partial charge in [-0.15, -0.1) is 0 Å². The Morgan fingerprint density at radius 1 is 0.857 bits per heavy atom. The third-order valence-corrected chi connectivity index (χ3v) is 3.06. The third kappa shape index (κ3) is 5.51. The summed E-state index contributed by atoms with van der Waals surface area (Å²) in [5.74, 6) is 0.330. The molecule has 84 valence electrons. The van der Waals surface area contributed by atoms with E-state index >= 15 is 0 Å². The summed E-state index contributed by atoms with van der Waals surface area (Å²) >= 11 is 0. The molecule has 0 unspecified atom stereocenters. The summed E-state index contributed by atoms with van der Waals surface area (Å²) in [7, 11) is 0. The number of alkyl halides is 3. The zero-order valence-electron chi connectivity index (χ0n) is 8.58. The highest BCUT2D eigenvalue weighted by atomic mass is 19.4. The molecule has 0 aromatic carbocycles. The first-order valence-corrected chi connectivity index (χ1v) is 5.65. The summed E-state index contributed by atoms with van der Waals surface area (Å²) in [6, 6.07) is 0. The van der Waals surface area contributed by atoms with Gasteiger partial charge in [0.1, 0.15) is 0 Å². The van der Waals surface area contributed by atoms with Gasteiger partial charge in [-0.3, -0.25) is 0 Å². The van der Waals surface area contributed by atoms with Crippen LogP contribution in [-0.2, 0) is 0 Å². The van der Waals surface area contributed by atoms with Gasteiger partial charge in [0, 0.05) is 6.42 Å². The molecular formula is C11H19F3. The standard InChI is InChI=1S/C11H19F3/c12-11(13,14)9-8-10-6-4-2-1-3-5-7-10/h10H,1-9H2. The van der Waals surface area contributed by atoms with Gasteiger partial charge in [0.05, 0.1) is 0 Å². The van der Waals surface area contributed by atoms with E-state index in [0.717, 1.165) is 25.7 Å². The Kier molecular flexibility index (Phi) is 4.76. The zero-order chi connectivity index (χ0) is 10.4. The molecule has 1 fully saturated rings. The summed E-state index contributed by atoms with van der Waals surface area (Å²) in [5, 5.41) is 0. The summed E-state index contributed by atoms with van der Waals surface area (Å²) in [5.41, 5.74) is 0. The highest BCUT2D eigenvalue weighted by molar-refractivity contribution is 4.65. The molecule has 1 aliphatic rings. The molecule has 3 heteroatoms. The molecular weight excluding hydrogens is 189 g/mol. The summed E-state index contributed by atoms with van der Waals surface area (Å²) < 4.78 is 36.0. The van der Waals surface area contributed by atoms with Gasteiger partial charge in [-0.25, -0.2) is 0 Å². The number of rotatable bonds is 2. The SMILES string of the molecule is FC(F)(F)CCC1CCCCCCC1. The average Bonchev–Trinajstić information content (AvgIpc) is 2.00. The maximum atomic E-state index is 12.0. The first-order chi connectivity index (χ1) is 6.58. The van der Waals surface area contributed by atoms with Crippen LogP contribution in [0.25, 0.3) is 0 Å². The van der Waals surface area contributed by atoms with Crippen LogP contribution in [0.4, 0.5) is 13.2 Å². The fourth-order valence-corrected chi connectivity index (χ4v) is 2.20. The van der Waals surface area contributed by atoms with Crippen molar-refractivity contribution in [3.63, 3.8) is 0 Å². The van der Waals surface area contributed by atoms with Gasteiger partial charge in [0.25, 0.3) is 0 Å². The fraction of sp³-hybridized carbons (Fsp3) is 1.00. The van der Waals surface area contributed by atoms with Crippen molar-refractivity contribution in [2.24, 2.45) is 5.92 Å². The Morgan fingerprint density at radius 3 is 1.86 bits per heavy atom. The molecule has 1 rings (SSSR count). The van der Waals surface area contributed by atoms with Crippen molar-refractivity contribution in [1.29, 1.82) is 0 Å². The highest BCUT2D eigenvalue weighted by Gasteiger charge is 2.28.